The van der Waals surface area contributed by atoms with E-state index in [-0.39, 0.29) is 10.8 Å². The summed E-state index contributed by atoms with van der Waals surface area (Å²) in [5.74, 6) is 1.13. The van der Waals surface area contributed by atoms with Gasteiger partial charge in [-0.05, 0) is 91.7 Å². The molecular weight excluding hydrogens is 496 g/mol. The molecule has 0 spiro atoms. The molecular formula is C39H60N2. The van der Waals surface area contributed by atoms with Crippen LogP contribution in [0.15, 0.2) is 30.5 Å². The maximum absolute atomic E-state index is 5.37. The van der Waals surface area contributed by atoms with E-state index < -0.39 is 0 Å². The number of imidazole rings is 1. The fraction of sp³-hybridized carbons (Fsp3) is 0.615. The number of benzene rings is 2. The molecule has 0 aliphatic carbocycles. The number of hydrogen-bond donors (Lipinski definition) is 0. The van der Waals surface area contributed by atoms with Gasteiger partial charge >= 0.3 is 0 Å². The fourth-order valence-corrected chi connectivity index (χ4v) is 6.66. The highest BCUT2D eigenvalue weighted by molar-refractivity contribution is 5.68. The highest BCUT2D eigenvalue weighted by Crippen LogP contribution is 2.45. The molecule has 0 saturated heterocycles. The third kappa shape index (κ3) is 7.00. The van der Waals surface area contributed by atoms with E-state index in [1.165, 1.54) is 108 Å². The number of nitrogens with zero attached hydrogens (tertiary/aromatic N) is 2. The number of unbranched alkanes of at least 4 members (excludes halogenated alkanes) is 3. The van der Waals surface area contributed by atoms with Gasteiger partial charge in [0.25, 0.3) is 0 Å². The van der Waals surface area contributed by atoms with Crippen molar-refractivity contribution in [2.45, 2.75) is 158 Å². The molecule has 0 atom stereocenters. The lowest BCUT2D eigenvalue weighted by molar-refractivity contribution is 0.298. The van der Waals surface area contributed by atoms with E-state index in [0.717, 1.165) is 18.7 Å². The van der Waals surface area contributed by atoms with E-state index in [1.54, 1.807) is 0 Å². The maximum Gasteiger partial charge on any atom is 0.145 e. The summed E-state index contributed by atoms with van der Waals surface area (Å²) in [4.78, 5) is 5.37. The first-order valence-electron chi connectivity index (χ1n) is 16.8. The molecule has 2 aromatic carbocycles. The molecule has 1 aromatic heterocycles. The van der Waals surface area contributed by atoms with Gasteiger partial charge in [0.1, 0.15) is 5.82 Å². The van der Waals surface area contributed by atoms with Gasteiger partial charge in [-0.3, -0.25) is 4.57 Å². The Morgan fingerprint density at radius 3 is 1.66 bits per heavy atom. The lowest BCUT2D eigenvalue weighted by Gasteiger charge is -2.37. The van der Waals surface area contributed by atoms with Crippen LogP contribution in [-0.4, -0.2) is 9.55 Å². The Balaban J connectivity index is 2.51. The molecule has 226 valence electrons. The minimum atomic E-state index is 0.116. The molecule has 0 fully saturated rings. The van der Waals surface area contributed by atoms with Gasteiger partial charge in [-0.2, -0.15) is 0 Å². The van der Waals surface area contributed by atoms with Crippen molar-refractivity contribution in [1.29, 1.82) is 0 Å². The molecule has 3 rings (SSSR count). The van der Waals surface area contributed by atoms with Crippen LogP contribution in [0, 0.1) is 20.8 Å². The van der Waals surface area contributed by atoms with Crippen molar-refractivity contribution in [2.24, 2.45) is 0 Å². The number of rotatable bonds is 14. The lowest BCUT2D eigenvalue weighted by atomic mass is 9.72. The van der Waals surface area contributed by atoms with Crippen molar-refractivity contribution in [3.63, 3.8) is 0 Å². The van der Waals surface area contributed by atoms with Crippen molar-refractivity contribution in [1.82, 2.24) is 9.55 Å². The fourth-order valence-electron chi connectivity index (χ4n) is 6.66. The molecule has 3 aromatic rings. The minimum absolute atomic E-state index is 0.116. The normalized spacial score (nSPS) is 12.4. The second kappa shape index (κ2) is 14.2. The third-order valence-corrected chi connectivity index (χ3v) is 9.75. The van der Waals surface area contributed by atoms with E-state index in [9.17, 15) is 0 Å². The van der Waals surface area contributed by atoms with Crippen LogP contribution in [0.5, 0.6) is 0 Å². The van der Waals surface area contributed by atoms with E-state index >= 15 is 0 Å². The topological polar surface area (TPSA) is 17.8 Å². The van der Waals surface area contributed by atoms with Crippen molar-refractivity contribution in [3.05, 3.63) is 69.5 Å². The minimum Gasteiger partial charge on any atom is -0.296 e. The summed E-state index contributed by atoms with van der Waals surface area (Å²) < 4.78 is 2.67. The molecule has 1 heterocycles. The quantitative estimate of drug-likeness (QED) is 0.193. The van der Waals surface area contributed by atoms with Crippen LogP contribution in [0.1, 0.15) is 152 Å². The van der Waals surface area contributed by atoms with E-state index in [1.807, 2.05) is 0 Å². The van der Waals surface area contributed by atoms with E-state index in [0.29, 0.717) is 0 Å². The molecule has 2 heteroatoms. The first kappa shape index (κ1) is 33.2. The van der Waals surface area contributed by atoms with Crippen LogP contribution >= 0.6 is 0 Å². The van der Waals surface area contributed by atoms with Gasteiger partial charge in [-0.1, -0.05) is 118 Å². The van der Waals surface area contributed by atoms with Crippen LogP contribution in [0.25, 0.3) is 17.1 Å². The predicted molar refractivity (Wildman–Crippen MR) is 181 cm³/mol. The Morgan fingerprint density at radius 2 is 1.22 bits per heavy atom. The lowest BCUT2D eigenvalue weighted by Crippen LogP contribution is -2.30. The van der Waals surface area contributed by atoms with Crippen molar-refractivity contribution >= 4 is 0 Å². The Morgan fingerprint density at radius 1 is 0.707 bits per heavy atom. The van der Waals surface area contributed by atoms with Gasteiger partial charge in [0.15, 0.2) is 0 Å². The summed E-state index contributed by atoms with van der Waals surface area (Å²) in [7, 11) is 0. The Labute approximate surface area is 253 Å². The molecule has 0 amide bonds. The second-order valence-electron chi connectivity index (χ2n) is 13.7. The first-order chi connectivity index (χ1) is 19.5. The summed E-state index contributed by atoms with van der Waals surface area (Å²) in [6, 6.07) is 9.62. The third-order valence-electron chi connectivity index (χ3n) is 9.75. The molecule has 2 nitrogen and oxygen atoms in total. The summed E-state index contributed by atoms with van der Waals surface area (Å²) in [6.07, 6.45) is 15.5. The van der Waals surface area contributed by atoms with Crippen LogP contribution in [-0.2, 0) is 23.7 Å². The van der Waals surface area contributed by atoms with Crippen LogP contribution in [0.3, 0.4) is 0 Å². The molecule has 0 aliphatic rings. The van der Waals surface area contributed by atoms with Gasteiger partial charge < -0.3 is 0 Å². The molecule has 0 aliphatic heterocycles. The van der Waals surface area contributed by atoms with Crippen LogP contribution in [0.2, 0.25) is 0 Å². The molecule has 0 N–H and O–H groups in total. The Kier molecular flexibility index (Phi) is 11.5. The molecule has 0 bridgehead atoms. The highest BCUT2D eigenvalue weighted by atomic mass is 15.1. The van der Waals surface area contributed by atoms with Gasteiger partial charge in [-0.25, -0.2) is 4.98 Å². The van der Waals surface area contributed by atoms with Crippen LogP contribution < -0.4 is 0 Å². The summed E-state index contributed by atoms with van der Waals surface area (Å²) in [6.45, 7) is 25.5. The largest absolute Gasteiger partial charge is 0.296 e. The monoisotopic (exact) mass is 556 g/mol. The predicted octanol–water partition coefficient (Wildman–Crippen LogP) is 11.7. The number of hydrogen-bond acceptors (Lipinski definition) is 1. The van der Waals surface area contributed by atoms with Crippen molar-refractivity contribution in [3.8, 4) is 17.1 Å². The highest BCUT2D eigenvalue weighted by Gasteiger charge is 2.36. The summed E-state index contributed by atoms with van der Waals surface area (Å²) >= 11 is 0. The molecule has 0 radical (unpaired) electrons. The first-order valence-corrected chi connectivity index (χ1v) is 16.8. The van der Waals surface area contributed by atoms with Crippen LogP contribution in [0.4, 0.5) is 0 Å². The van der Waals surface area contributed by atoms with E-state index in [4.69, 9.17) is 4.98 Å². The van der Waals surface area contributed by atoms with Gasteiger partial charge in [0.2, 0.25) is 0 Å². The SMILES string of the molecule is CCCCC(CCCC)(CCCC)c1cnc(-c2ccc(C)c(C)c2C)n1-c1c(CC)cc(C(C)(C)C)cc1CC. The smallest absolute Gasteiger partial charge is 0.145 e. The standard InChI is InChI=1S/C39H60N2/c1-12-17-22-39(23-18-13-2,24-19-14-3)35-27-40-37(34-21-20-28(6)29(7)30(34)8)41(35)36-31(15-4)25-33(38(9,10)11)26-32(36)16-5/h20-21,25-27H,12-19,22-24H2,1-11H3. The van der Waals surface area contributed by atoms with Gasteiger partial charge in [0, 0.05) is 22.9 Å². The zero-order valence-electron chi connectivity index (χ0n) is 28.6. The number of aromatic nitrogens is 2. The average molecular weight is 557 g/mol. The zero-order chi connectivity index (χ0) is 30.4. The van der Waals surface area contributed by atoms with Crippen molar-refractivity contribution in [2.75, 3.05) is 0 Å². The van der Waals surface area contributed by atoms with Gasteiger partial charge in [0.05, 0.1) is 5.69 Å². The Bertz CT molecular complexity index is 1240. The zero-order valence-corrected chi connectivity index (χ0v) is 28.6. The van der Waals surface area contributed by atoms with E-state index in [2.05, 4.69) is 111 Å². The van der Waals surface area contributed by atoms with Crippen molar-refractivity contribution < 1.29 is 0 Å². The average Bonchev–Trinajstić information content (AvgIpc) is 3.39. The van der Waals surface area contributed by atoms with Gasteiger partial charge in [-0.15, -0.1) is 0 Å². The summed E-state index contributed by atoms with van der Waals surface area (Å²) in [5.41, 5.74) is 12.8. The number of aryl methyl sites for hydroxylation is 3. The Hall–Kier alpha value is -2.35. The molecule has 0 unspecified atom stereocenters. The molecule has 0 saturated carbocycles. The second-order valence-corrected chi connectivity index (χ2v) is 13.7. The molecule has 41 heavy (non-hydrogen) atoms. The summed E-state index contributed by atoms with van der Waals surface area (Å²) in [5, 5.41) is 0. The maximum atomic E-state index is 5.37.